The molecule has 18 heavy (non-hydrogen) atoms. The standard InChI is InChI=1S/C11H18N4O3/c1-2-15(5-7-18-8-6-16)10-4-3-9(11(12)17)13-14-10/h3-4,16H,2,5-8H2,1H3,(H2,12,17). The number of aliphatic hydroxyl groups excluding tert-OH is 1. The Morgan fingerprint density at radius 3 is 2.72 bits per heavy atom. The van der Waals surface area contributed by atoms with Crippen molar-refractivity contribution in [2.24, 2.45) is 5.73 Å². The van der Waals surface area contributed by atoms with Gasteiger partial charge in [0.05, 0.1) is 19.8 Å². The van der Waals surface area contributed by atoms with Gasteiger partial charge in [0.15, 0.2) is 11.5 Å². The summed E-state index contributed by atoms with van der Waals surface area (Å²) in [6, 6.07) is 3.24. The summed E-state index contributed by atoms with van der Waals surface area (Å²) in [6.45, 7) is 4.20. The molecule has 0 unspecified atom stereocenters. The maximum Gasteiger partial charge on any atom is 0.269 e. The van der Waals surface area contributed by atoms with Gasteiger partial charge in [-0.15, -0.1) is 10.2 Å². The lowest BCUT2D eigenvalue weighted by Gasteiger charge is -2.21. The largest absolute Gasteiger partial charge is 0.394 e. The van der Waals surface area contributed by atoms with Crippen LogP contribution < -0.4 is 10.6 Å². The van der Waals surface area contributed by atoms with Gasteiger partial charge < -0.3 is 20.5 Å². The van der Waals surface area contributed by atoms with E-state index in [9.17, 15) is 4.79 Å². The number of nitrogens with zero attached hydrogens (tertiary/aromatic N) is 3. The summed E-state index contributed by atoms with van der Waals surface area (Å²) in [5.41, 5.74) is 5.23. The highest BCUT2D eigenvalue weighted by atomic mass is 16.5. The van der Waals surface area contributed by atoms with Crippen LogP contribution in [-0.4, -0.2) is 54.1 Å². The predicted molar refractivity (Wildman–Crippen MR) is 66.3 cm³/mol. The van der Waals surface area contributed by atoms with E-state index in [0.29, 0.717) is 25.6 Å². The molecule has 7 nitrogen and oxygen atoms in total. The predicted octanol–water partition coefficient (Wildman–Crippen LogP) is -0.589. The number of anilines is 1. The van der Waals surface area contributed by atoms with E-state index in [1.807, 2.05) is 11.8 Å². The van der Waals surface area contributed by atoms with Crippen LogP contribution in [-0.2, 0) is 4.74 Å². The Labute approximate surface area is 106 Å². The molecule has 100 valence electrons. The molecule has 1 rings (SSSR count). The molecule has 1 aromatic rings. The summed E-state index contributed by atoms with van der Waals surface area (Å²) in [6.07, 6.45) is 0. The molecule has 0 aliphatic rings. The van der Waals surface area contributed by atoms with Gasteiger partial charge in [-0.3, -0.25) is 4.79 Å². The topological polar surface area (TPSA) is 102 Å². The lowest BCUT2D eigenvalue weighted by atomic mass is 10.3. The van der Waals surface area contributed by atoms with Crippen molar-refractivity contribution in [1.29, 1.82) is 0 Å². The number of carbonyl (C=O) groups excluding carboxylic acids is 1. The summed E-state index contributed by atoms with van der Waals surface area (Å²) in [7, 11) is 0. The van der Waals surface area contributed by atoms with Crippen LogP contribution >= 0.6 is 0 Å². The summed E-state index contributed by atoms with van der Waals surface area (Å²) < 4.78 is 5.18. The van der Waals surface area contributed by atoms with Crippen LogP contribution in [0.15, 0.2) is 12.1 Å². The van der Waals surface area contributed by atoms with Crippen LogP contribution in [0.25, 0.3) is 0 Å². The number of hydrogen-bond donors (Lipinski definition) is 2. The molecule has 0 radical (unpaired) electrons. The van der Waals surface area contributed by atoms with E-state index in [1.165, 1.54) is 0 Å². The van der Waals surface area contributed by atoms with Crippen molar-refractivity contribution in [2.45, 2.75) is 6.92 Å². The second kappa shape index (κ2) is 7.57. The third-order valence-corrected chi connectivity index (χ3v) is 2.35. The van der Waals surface area contributed by atoms with Crippen molar-refractivity contribution in [2.75, 3.05) is 37.8 Å². The van der Waals surface area contributed by atoms with Gasteiger partial charge in [-0.1, -0.05) is 0 Å². The minimum absolute atomic E-state index is 0.0131. The molecule has 0 atom stereocenters. The number of nitrogens with two attached hydrogens (primary N) is 1. The van der Waals surface area contributed by atoms with Crippen LogP contribution in [0, 0.1) is 0 Å². The van der Waals surface area contributed by atoms with E-state index < -0.39 is 5.91 Å². The molecular formula is C11H18N4O3. The van der Waals surface area contributed by atoms with Gasteiger partial charge in [0.25, 0.3) is 5.91 Å². The van der Waals surface area contributed by atoms with E-state index in [0.717, 1.165) is 6.54 Å². The fourth-order valence-electron chi connectivity index (χ4n) is 1.40. The first-order valence-electron chi connectivity index (χ1n) is 5.76. The summed E-state index contributed by atoms with van der Waals surface area (Å²) in [5, 5.41) is 16.3. The zero-order chi connectivity index (χ0) is 13.4. The minimum atomic E-state index is -0.594. The fraction of sp³-hybridized carbons (Fsp3) is 0.545. The molecule has 3 N–H and O–H groups in total. The normalized spacial score (nSPS) is 10.3. The summed E-state index contributed by atoms with van der Waals surface area (Å²) >= 11 is 0. The molecule has 0 aromatic carbocycles. The first-order chi connectivity index (χ1) is 8.69. The van der Waals surface area contributed by atoms with Gasteiger partial charge in [0.2, 0.25) is 0 Å². The van der Waals surface area contributed by atoms with Gasteiger partial charge in [-0.2, -0.15) is 0 Å². The summed E-state index contributed by atoms with van der Waals surface area (Å²) in [4.78, 5) is 12.8. The molecule has 1 amide bonds. The quantitative estimate of drug-likeness (QED) is 0.601. The number of ether oxygens (including phenoxy) is 1. The molecule has 1 aromatic heterocycles. The number of hydrogen-bond acceptors (Lipinski definition) is 6. The molecule has 7 heteroatoms. The van der Waals surface area contributed by atoms with Crippen LogP contribution in [0.2, 0.25) is 0 Å². The number of amides is 1. The average Bonchev–Trinajstić information content (AvgIpc) is 2.39. The Kier molecular flexibility index (Phi) is 6.03. The van der Waals surface area contributed by atoms with E-state index >= 15 is 0 Å². The molecule has 1 heterocycles. The SMILES string of the molecule is CCN(CCOCCO)c1ccc(C(N)=O)nn1. The van der Waals surface area contributed by atoms with Crippen LogP contribution in [0.5, 0.6) is 0 Å². The third-order valence-electron chi connectivity index (χ3n) is 2.35. The number of aromatic nitrogens is 2. The van der Waals surface area contributed by atoms with E-state index in [1.54, 1.807) is 12.1 Å². The Bertz CT molecular complexity index is 369. The minimum Gasteiger partial charge on any atom is -0.394 e. The molecule has 0 aliphatic carbocycles. The second-order valence-corrected chi connectivity index (χ2v) is 3.56. The zero-order valence-electron chi connectivity index (χ0n) is 10.4. The Morgan fingerprint density at radius 1 is 1.44 bits per heavy atom. The first-order valence-corrected chi connectivity index (χ1v) is 5.76. The van der Waals surface area contributed by atoms with Gasteiger partial charge >= 0.3 is 0 Å². The van der Waals surface area contributed by atoms with Crippen molar-refractivity contribution in [1.82, 2.24) is 10.2 Å². The lowest BCUT2D eigenvalue weighted by Crippen LogP contribution is -2.29. The van der Waals surface area contributed by atoms with Crippen molar-refractivity contribution in [3.05, 3.63) is 17.8 Å². The number of carbonyl (C=O) groups is 1. The monoisotopic (exact) mass is 254 g/mol. The van der Waals surface area contributed by atoms with Crippen LogP contribution in [0.3, 0.4) is 0 Å². The van der Waals surface area contributed by atoms with Gasteiger partial charge in [0.1, 0.15) is 0 Å². The van der Waals surface area contributed by atoms with Gasteiger partial charge in [-0.05, 0) is 19.1 Å². The van der Waals surface area contributed by atoms with Gasteiger partial charge in [-0.25, -0.2) is 0 Å². The number of rotatable bonds is 8. The highest BCUT2D eigenvalue weighted by Gasteiger charge is 2.08. The first kappa shape index (κ1) is 14.3. The number of likely N-dealkylation sites (N-methyl/N-ethyl adjacent to an activating group) is 1. The molecule has 0 fully saturated rings. The van der Waals surface area contributed by atoms with E-state index in [2.05, 4.69) is 10.2 Å². The average molecular weight is 254 g/mol. The number of primary amides is 1. The molecule has 0 saturated heterocycles. The van der Waals surface area contributed by atoms with Crippen LogP contribution in [0.1, 0.15) is 17.4 Å². The molecular weight excluding hydrogens is 236 g/mol. The second-order valence-electron chi connectivity index (χ2n) is 3.56. The van der Waals surface area contributed by atoms with Crippen LogP contribution in [0.4, 0.5) is 5.82 Å². The molecule has 0 spiro atoms. The Hall–Kier alpha value is -1.73. The van der Waals surface area contributed by atoms with Crippen molar-refractivity contribution < 1.29 is 14.6 Å². The molecule has 0 saturated carbocycles. The maximum atomic E-state index is 10.9. The van der Waals surface area contributed by atoms with Gasteiger partial charge in [0, 0.05) is 13.1 Å². The Morgan fingerprint density at radius 2 is 2.22 bits per heavy atom. The van der Waals surface area contributed by atoms with E-state index in [4.69, 9.17) is 15.6 Å². The third kappa shape index (κ3) is 4.27. The molecule has 0 bridgehead atoms. The molecule has 0 aliphatic heterocycles. The fourth-order valence-corrected chi connectivity index (χ4v) is 1.40. The Balaban J connectivity index is 2.56. The number of aliphatic hydroxyl groups is 1. The van der Waals surface area contributed by atoms with E-state index in [-0.39, 0.29) is 12.3 Å². The smallest absolute Gasteiger partial charge is 0.269 e. The van der Waals surface area contributed by atoms with Crippen molar-refractivity contribution in [3.63, 3.8) is 0 Å². The summed E-state index contributed by atoms with van der Waals surface area (Å²) in [5.74, 6) is 0.0680. The van der Waals surface area contributed by atoms with Crippen molar-refractivity contribution in [3.8, 4) is 0 Å². The van der Waals surface area contributed by atoms with Crippen molar-refractivity contribution >= 4 is 11.7 Å². The zero-order valence-corrected chi connectivity index (χ0v) is 10.4. The highest BCUT2D eigenvalue weighted by molar-refractivity contribution is 5.90. The maximum absolute atomic E-state index is 10.9. The highest BCUT2D eigenvalue weighted by Crippen LogP contribution is 2.08. The lowest BCUT2D eigenvalue weighted by molar-refractivity contribution is 0.0966.